The van der Waals surface area contributed by atoms with E-state index in [4.69, 9.17) is 0 Å². The number of benzene rings is 1. The molecule has 0 aliphatic rings. The van der Waals surface area contributed by atoms with Gasteiger partial charge in [0.2, 0.25) is 5.91 Å². The number of amides is 3. The predicted molar refractivity (Wildman–Crippen MR) is 83.8 cm³/mol. The quantitative estimate of drug-likeness (QED) is 0.752. The van der Waals surface area contributed by atoms with Crippen LogP contribution >= 0.6 is 0 Å². The second-order valence-corrected chi connectivity index (χ2v) is 5.55. The molecule has 0 bridgehead atoms. The zero-order valence-corrected chi connectivity index (χ0v) is 13.7. The highest BCUT2D eigenvalue weighted by molar-refractivity contribution is 5.86. The van der Waals surface area contributed by atoms with Crippen molar-refractivity contribution in [2.75, 3.05) is 0 Å². The molecule has 0 unspecified atom stereocenters. The first-order valence-electron chi connectivity index (χ1n) is 7.57. The van der Waals surface area contributed by atoms with Crippen LogP contribution in [0.2, 0.25) is 0 Å². The summed E-state index contributed by atoms with van der Waals surface area (Å²) in [6.45, 7) is 7.02. The van der Waals surface area contributed by atoms with Crippen LogP contribution in [0.15, 0.2) is 18.2 Å². The van der Waals surface area contributed by atoms with Crippen LogP contribution in [0.25, 0.3) is 0 Å². The highest BCUT2D eigenvalue weighted by Crippen LogP contribution is 2.15. The van der Waals surface area contributed by atoms with Crippen molar-refractivity contribution in [2.45, 2.75) is 52.2 Å². The number of hydrogen-bond donors (Lipinski definition) is 3. The molecule has 0 aliphatic carbocycles. The number of rotatable bonds is 6. The van der Waals surface area contributed by atoms with Gasteiger partial charge < -0.3 is 16.0 Å². The minimum atomic E-state index is -0.974. The van der Waals surface area contributed by atoms with Gasteiger partial charge in [-0.1, -0.05) is 13.0 Å². The molecule has 0 saturated heterocycles. The molecule has 0 aromatic heterocycles. The summed E-state index contributed by atoms with van der Waals surface area (Å²) >= 11 is 0. The van der Waals surface area contributed by atoms with E-state index in [1.165, 1.54) is 6.07 Å². The molecule has 0 aliphatic heterocycles. The minimum Gasteiger partial charge on any atom is -0.352 e. The van der Waals surface area contributed by atoms with E-state index in [0.29, 0.717) is 5.56 Å². The number of carbonyl (C=O) groups excluding carboxylic acids is 2. The molecule has 0 radical (unpaired) electrons. The van der Waals surface area contributed by atoms with Crippen molar-refractivity contribution in [1.29, 1.82) is 0 Å². The van der Waals surface area contributed by atoms with Crippen LogP contribution in [0.1, 0.15) is 45.7 Å². The third-order valence-corrected chi connectivity index (χ3v) is 3.53. The van der Waals surface area contributed by atoms with Crippen molar-refractivity contribution < 1.29 is 18.4 Å². The third kappa shape index (κ3) is 5.84. The molecule has 0 saturated carbocycles. The first-order valence-corrected chi connectivity index (χ1v) is 7.57. The van der Waals surface area contributed by atoms with Crippen molar-refractivity contribution >= 4 is 11.9 Å². The van der Waals surface area contributed by atoms with E-state index < -0.39 is 29.7 Å². The van der Waals surface area contributed by atoms with Crippen molar-refractivity contribution in [3.63, 3.8) is 0 Å². The average molecular weight is 327 g/mol. The lowest BCUT2D eigenvalue weighted by Gasteiger charge is -2.20. The monoisotopic (exact) mass is 327 g/mol. The van der Waals surface area contributed by atoms with Crippen molar-refractivity contribution in [3.8, 4) is 0 Å². The number of halogens is 2. The van der Waals surface area contributed by atoms with E-state index in [1.54, 1.807) is 13.8 Å². The highest BCUT2D eigenvalue weighted by Gasteiger charge is 2.18. The maximum atomic E-state index is 13.2. The fraction of sp³-hybridized carbons (Fsp3) is 0.500. The van der Waals surface area contributed by atoms with Crippen LogP contribution in [-0.2, 0) is 4.79 Å². The van der Waals surface area contributed by atoms with Crippen molar-refractivity contribution in [3.05, 3.63) is 35.4 Å². The molecule has 1 aromatic rings. The molecular weight excluding hydrogens is 304 g/mol. The summed E-state index contributed by atoms with van der Waals surface area (Å²) in [5.74, 6) is -2.20. The second kappa shape index (κ2) is 8.45. The second-order valence-electron chi connectivity index (χ2n) is 5.55. The Kier molecular flexibility index (Phi) is 6.93. The van der Waals surface area contributed by atoms with Crippen molar-refractivity contribution in [1.82, 2.24) is 16.0 Å². The summed E-state index contributed by atoms with van der Waals surface area (Å²) in [6.07, 6.45) is 0.790. The Morgan fingerprint density at radius 1 is 1.04 bits per heavy atom. The van der Waals surface area contributed by atoms with Gasteiger partial charge >= 0.3 is 6.03 Å². The molecule has 1 aromatic carbocycles. The molecule has 5 nitrogen and oxygen atoms in total. The lowest BCUT2D eigenvalue weighted by molar-refractivity contribution is -0.123. The van der Waals surface area contributed by atoms with Gasteiger partial charge in [-0.3, -0.25) is 4.79 Å². The van der Waals surface area contributed by atoms with Crippen molar-refractivity contribution in [2.24, 2.45) is 0 Å². The maximum Gasteiger partial charge on any atom is 0.315 e. The van der Waals surface area contributed by atoms with Crippen LogP contribution < -0.4 is 16.0 Å². The number of hydrogen-bond acceptors (Lipinski definition) is 2. The first kappa shape index (κ1) is 18.9. The Labute approximate surface area is 134 Å². The molecule has 1 rings (SSSR count). The average Bonchev–Trinajstić information content (AvgIpc) is 2.49. The van der Waals surface area contributed by atoms with Crippen LogP contribution in [0.4, 0.5) is 13.6 Å². The topological polar surface area (TPSA) is 70.2 Å². The molecule has 3 N–H and O–H groups in total. The molecular formula is C16H23F2N3O2. The zero-order valence-electron chi connectivity index (χ0n) is 13.7. The molecule has 23 heavy (non-hydrogen) atoms. The number of urea groups is 1. The Morgan fingerprint density at radius 2 is 1.70 bits per heavy atom. The summed E-state index contributed by atoms with van der Waals surface area (Å²) in [6, 6.07) is 1.64. The summed E-state index contributed by atoms with van der Waals surface area (Å²) in [4.78, 5) is 23.7. The Bertz CT molecular complexity index is 566. The smallest absolute Gasteiger partial charge is 0.315 e. The van der Waals surface area contributed by atoms with Gasteiger partial charge in [0.15, 0.2) is 11.6 Å². The first-order chi connectivity index (χ1) is 10.7. The largest absolute Gasteiger partial charge is 0.352 e. The van der Waals surface area contributed by atoms with Gasteiger partial charge in [-0.2, -0.15) is 0 Å². The fourth-order valence-corrected chi connectivity index (χ4v) is 1.84. The van der Waals surface area contributed by atoms with E-state index in [-0.39, 0.29) is 11.9 Å². The van der Waals surface area contributed by atoms with E-state index in [0.717, 1.165) is 18.6 Å². The Hall–Kier alpha value is -2.18. The van der Waals surface area contributed by atoms with Crippen LogP contribution in [-0.4, -0.2) is 24.0 Å². The SMILES string of the molecule is CC[C@H](C)NC(=O)[C@@H](C)NC(=O)N[C@@H](C)c1ccc(F)c(F)c1. The number of carbonyl (C=O) groups is 2. The Morgan fingerprint density at radius 3 is 2.26 bits per heavy atom. The molecule has 128 valence electrons. The van der Waals surface area contributed by atoms with Gasteiger partial charge in [0.25, 0.3) is 0 Å². The maximum absolute atomic E-state index is 13.2. The van der Waals surface area contributed by atoms with Gasteiger partial charge in [-0.05, 0) is 44.9 Å². The normalized spacial score (nSPS) is 14.5. The highest BCUT2D eigenvalue weighted by atomic mass is 19.2. The van der Waals surface area contributed by atoms with E-state index in [9.17, 15) is 18.4 Å². The molecule has 0 heterocycles. The number of nitrogens with one attached hydrogen (secondary N) is 3. The van der Waals surface area contributed by atoms with Crippen LogP contribution in [0.5, 0.6) is 0 Å². The Balaban J connectivity index is 2.55. The lowest BCUT2D eigenvalue weighted by Crippen LogP contribution is -2.50. The van der Waals surface area contributed by atoms with Gasteiger partial charge in [-0.15, -0.1) is 0 Å². The fourth-order valence-electron chi connectivity index (χ4n) is 1.84. The summed E-state index contributed by atoms with van der Waals surface area (Å²) < 4.78 is 26.1. The molecule has 0 fully saturated rings. The molecule has 0 spiro atoms. The zero-order chi connectivity index (χ0) is 17.6. The van der Waals surface area contributed by atoms with Gasteiger partial charge in [0.05, 0.1) is 6.04 Å². The van der Waals surface area contributed by atoms with E-state index in [2.05, 4.69) is 16.0 Å². The molecule has 3 atom stereocenters. The van der Waals surface area contributed by atoms with E-state index in [1.807, 2.05) is 13.8 Å². The summed E-state index contributed by atoms with van der Waals surface area (Å²) in [5.41, 5.74) is 0.427. The lowest BCUT2D eigenvalue weighted by atomic mass is 10.1. The summed E-state index contributed by atoms with van der Waals surface area (Å²) in [7, 11) is 0. The van der Waals surface area contributed by atoms with E-state index >= 15 is 0 Å². The summed E-state index contributed by atoms with van der Waals surface area (Å²) in [5, 5.41) is 7.84. The third-order valence-electron chi connectivity index (χ3n) is 3.53. The standard InChI is InChI=1S/C16H23F2N3O2/c1-5-9(2)19-15(22)11(4)21-16(23)20-10(3)12-6-7-13(17)14(18)8-12/h6-11H,5H2,1-4H3,(H,19,22)(H2,20,21,23)/t9-,10-,11+/m0/s1. The molecule has 7 heteroatoms. The minimum absolute atomic E-state index is 0.0240. The van der Waals surface area contributed by atoms with Crippen LogP contribution in [0.3, 0.4) is 0 Å². The molecule has 3 amide bonds. The van der Waals surface area contributed by atoms with Gasteiger partial charge in [0, 0.05) is 6.04 Å². The van der Waals surface area contributed by atoms with Gasteiger partial charge in [0.1, 0.15) is 6.04 Å². The van der Waals surface area contributed by atoms with Crippen LogP contribution in [0, 0.1) is 11.6 Å². The predicted octanol–water partition coefficient (Wildman–Crippen LogP) is 2.63. The van der Waals surface area contributed by atoms with Gasteiger partial charge in [-0.25, -0.2) is 13.6 Å².